The summed E-state index contributed by atoms with van der Waals surface area (Å²) in [5.74, 6) is 1.55. The van der Waals surface area contributed by atoms with Crippen molar-refractivity contribution in [1.82, 2.24) is 9.97 Å². The summed E-state index contributed by atoms with van der Waals surface area (Å²) in [5.41, 5.74) is 1.70. The third-order valence-electron chi connectivity index (χ3n) is 2.95. The van der Waals surface area contributed by atoms with Crippen LogP contribution in [-0.4, -0.2) is 24.2 Å². The molecule has 90 valence electrons. The van der Waals surface area contributed by atoms with Crippen LogP contribution in [0.15, 0.2) is 36.7 Å². The van der Waals surface area contributed by atoms with Crippen LogP contribution >= 0.6 is 0 Å². The molecule has 4 heteroatoms. The molecule has 0 aliphatic carbocycles. The summed E-state index contributed by atoms with van der Waals surface area (Å²) >= 11 is 0. The number of fused-ring (bicyclic) bond motifs is 3. The van der Waals surface area contributed by atoms with Crippen LogP contribution in [0.2, 0.25) is 0 Å². The molecule has 2 aromatic heterocycles. The van der Waals surface area contributed by atoms with E-state index in [1.54, 1.807) is 26.6 Å². The lowest BCUT2D eigenvalue weighted by molar-refractivity contribution is 0.414. The fraction of sp³-hybridized carbons (Fsp3) is 0.143. The van der Waals surface area contributed by atoms with Gasteiger partial charge in [-0.3, -0.25) is 9.97 Å². The van der Waals surface area contributed by atoms with Gasteiger partial charge in [-0.2, -0.15) is 0 Å². The summed E-state index contributed by atoms with van der Waals surface area (Å²) in [4.78, 5) is 8.80. The number of rotatable bonds is 2. The molecule has 2 heterocycles. The van der Waals surface area contributed by atoms with E-state index >= 15 is 0 Å². The molecular weight excluding hydrogens is 228 g/mol. The highest BCUT2D eigenvalue weighted by atomic mass is 16.5. The molecule has 0 radical (unpaired) electrons. The fourth-order valence-corrected chi connectivity index (χ4v) is 2.05. The van der Waals surface area contributed by atoms with E-state index in [1.807, 2.05) is 24.3 Å². The van der Waals surface area contributed by atoms with Gasteiger partial charge in [0.05, 0.1) is 25.9 Å². The maximum absolute atomic E-state index is 5.33. The van der Waals surface area contributed by atoms with Crippen LogP contribution in [0.5, 0.6) is 11.5 Å². The number of nitrogens with zero attached hydrogens (tertiary/aromatic N) is 2. The van der Waals surface area contributed by atoms with Gasteiger partial charge in [0.2, 0.25) is 0 Å². The Hall–Kier alpha value is -2.36. The van der Waals surface area contributed by atoms with Crippen molar-refractivity contribution in [3.05, 3.63) is 36.7 Å². The smallest absolute Gasteiger partial charge is 0.137 e. The number of hydrogen-bond donors (Lipinski definition) is 0. The summed E-state index contributed by atoms with van der Waals surface area (Å²) in [6.07, 6.45) is 3.43. The normalized spacial score (nSPS) is 10.8. The van der Waals surface area contributed by atoms with E-state index in [2.05, 4.69) is 9.97 Å². The second kappa shape index (κ2) is 4.14. The van der Waals surface area contributed by atoms with E-state index in [9.17, 15) is 0 Å². The van der Waals surface area contributed by atoms with Gasteiger partial charge in [-0.15, -0.1) is 0 Å². The molecule has 0 aliphatic rings. The van der Waals surface area contributed by atoms with Gasteiger partial charge in [-0.1, -0.05) is 6.07 Å². The molecule has 0 saturated carbocycles. The molecule has 0 N–H and O–H groups in total. The Morgan fingerprint density at radius 2 is 1.83 bits per heavy atom. The van der Waals surface area contributed by atoms with Gasteiger partial charge < -0.3 is 9.47 Å². The lowest BCUT2D eigenvalue weighted by Crippen LogP contribution is -1.90. The van der Waals surface area contributed by atoms with E-state index in [0.717, 1.165) is 33.3 Å². The Labute approximate surface area is 104 Å². The van der Waals surface area contributed by atoms with Crippen molar-refractivity contribution in [3.8, 4) is 11.5 Å². The highest BCUT2D eigenvalue weighted by Gasteiger charge is 2.07. The van der Waals surface area contributed by atoms with Crippen LogP contribution < -0.4 is 9.47 Å². The molecule has 1 aromatic carbocycles. The monoisotopic (exact) mass is 240 g/mol. The molecule has 0 spiro atoms. The zero-order valence-electron chi connectivity index (χ0n) is 10.2. The minimum Gasteiger partial charge on any atom is -0.496 e. The molecule has 4 nitrogen and oxygen atoms in total. The maximum atomic E-state index is 5.33. The zero-order valence-corrected chi connectivity index (χ0v) is 10.2. The molecule has 0 bridgehead atoms. The topological polar surface area (TPSA) is 44.2 Å². The van der Waals surface area contributed by atoms with Crippen molar-refractivity contribution in [1.29, 1.82) is 0 Å². The lowest BCUT2D eigenvalue weighted by atomic mass is 10.1. The largest absolute Gasteiger partial charge is 0.496 e. The Morgan fingerprint density at radius 3 is 2.61 bits per heavy atom. The molecule has 0 fully saturated rings. The summed E-state index contributed by atoms with van der Waals surface area (Å²) in [7, 11) is 3.28. The fourth-order valence-electron chi connectivity index (χ4n) is 2.05. The Balaban J connectivity index is 2.39. The second-order valence-corrected chi connectivity index (χ2v) is 3.92. The first-order valence-electron chi connectivity index (χ1n) is 5.59. The first-order chi connectivity index (χ1) is 8.83. The molecule has 0 saturated heterocycles. The minimum atomic E-state index is 0.741. The third-order valence-corrected chi connectivity index (χ3v) is 2.95. The first kappa shape index (κ1) is 10.8. The van der Waals surface area contributed by atoms with E-state index in [0.29, 0.717) is 0 Å². The van der Waals surface area contributed by atoms with Crippen LogP contribution in [-0.2, 0) is 0 Å². The Kier molecular flexibility index (Phi) is 2.48. The van der Waals surface area contributed by atoms with Gasteiger partial charge in [0.15, 0.2) is 0 Å². The molecule has 18 heavy (non-hydrogen) atoms. The van der Waals surface area contributed by atoms with E-state index in [-0.39, 0.29) is 0 Å². The highest BCUT2D eigenvalue weighted by molar-refractivity contribution is 6.04. The number of methoxy groups -OCH3 is 2. The van der Waals surface area contributed by atoms with E-state index < -0.39 is 0 Å². The summed E-state index contributed by atoms with van der Waals surface area (Å²) in [6, 6.07) is 7.78. The summed E-state index contributed by atoms with van der Waals surface area (Å²) < 4.78 is 10.5. The molecule has 0 unspecified atom stereocenters. The maximum Gasteiger partial charge on any atom is 0.137 e. The molecule has 0 atom stereocenters. The van der Waals surface area contributed by atoms with E-state index in [1.165, 1.54) is 0 Å². The van der Waals surface area contributed by atoms with Crippen molar-refractivity contribution in [2.45, 2.75) is 0 Å². The average molecular weight is 240 g/mol. The van der Waals surface area contributed by atoms with E-state index in [4.69, 9.17) is 9.47 Å². The minimum absolute atomic E-state index is 0.741. The first-order valence-corrected chi connectivity index (χ1v) is 5.59. The van der Waals surface area contributed by atoms with Gasteiger partial charge in [-0.05, 0) is 18.2 Å². The lowest BCUT2D eigenvalue weighted by Gasteiger charge is -2.07. The van der Waals surface area contributed by atoms with Crippen LogP contribution in [0, 0.1) is 0 Å². The predicted molar refractivity (Wildman–Crippen MR) is 70.1 cm³/mol. The van der Waals surface area contributed by atoms with Crippen molar-refractivity contribution in [2.75, 3.05) is 14.2 Å². The van der Waals surface area contributed by atoms with Gasteiger partial charge in [0.25, 0.3) is 0 Å². The summed E-state index contributed by atoms with van der Waals surface area (Å²) in [5, 5.41) is 1.97. The predicted octanol–water partition coefficient (Wildman–Crippen LogP) is 2.80. The number of benzene rings is 1. The SMILES string of the molecule is COc1cnc2c(ccc3c(OC)ccnc32)c1. The van der Waals surface area contributed by atoms with Crippen LogP contribution in [0.4, 0.5) is 0 Å². The second-order valence-electron chi connectivity index (χ2n) is 3.92. The summed E-state index contributed by atoms with van der Waals surface area (Å²) in [6.45, 7) is 0. The van der Waals surface area contributed by atoms with Crippen LogP contribution in [0.25, 0.3) is 21.8 Å². The van der Waals surface area contributed by atoms with Crippen molar-refractivity contribution >= 4 is 21.8 Å². The van der Waals surface area contributed by atoms with Crippen molar-refractivity contribution in [2.24, 2.45) is 0 Å². The number of pyridine rings is 2. The molecule has 3 rings (SSSR count). The van der Waals surface area contributed by atoms with Gasteiger partial charge in [0, 0.05) is 17.0 Å². The van der Waals surface area contributed by atoms with Crippen molar-refractivity contribution in [3.63, 3.8) is 0 Å². The van der Waals surface area contributed by atoms with Crippen molar-refractivity contribution < 1.29 is 9.47 Å². The zero-order chi connectivity index (χ0) is 12.5. The average Bonchev–Trinajstić information content (AvgIpc) is 2.45. The molecule has 0 amide bonds. The Morgan fingerprint density at radius 1 is 0.944 bits per heavy atom. The quantitative estimate of drug-likeness (QED) is 0.646. The highest BCUT2D eigenvalue weighted by Crippen LogP contribution is 2.29. The number of hydrogen-bond acceptors (Lipinski definition) is 4. The molecular formula is C14H12N2O2. The van der Waals surface area contributed by atoms with Gasteiger partial charge in [0.1, 0.15) is 17.0 Å². The van der Waals surface area contributed by atoms with Gasteiger partial charge >= 0.3 is 0 Å². The third kappa shape index (κ3) is 1.54. The van der Waals surface area contributed by atoms with Gasteiger partial charge in [-0.25, -0.2) is 0 Å². The number of aromatic nitrogens is 2. The molecule has 3 aromatic rings. The van der Waals surface area contributed by atoms with Crippen LogP contribution in [0.1, 0.15) is 0 Å². The number of ether oxygens (including phenoxy) is 2. The molecule has 0 aliphatic heterocycles. The van der Waals surface area contributed by atoms with Crippen LogP contribution in [0.3, 0.4) is 0 Å². The standard InChI is InChI=1S/C14H12N2O2/c1-17-10-7-9-3-4-11-12(18-2)5-6-15-14(11)13(9)16-8-10/h3-8H,1-2H3. The Bertz CT molecular complexity index is 725.